The van der Waals surface area contributed by atoms with E-state index < -0.39 is 0 Å². The number of hydrogen-bond donors (Lipinski definition) is 1. The minimum atomic E-state index is 0.442. The average Bonchev–Trinajstić information content (AvgIpc) is 2.22. The Labute approximate surface area is 106 Å². The van der Waals surface area contributed by atoms with E-state index in [0.29, 0.717) is 12.1 Å². The molecule has 0 saturated carbocycles. The first-order valence-electron chi connectivity index (χ1n) is 6.38. The zero-order valence-electron chi connectivity index (χ0n) is 12.0. The van der Waals surface area contributed by atoms with Gasteiger partial charge in [-0.2, -0.15) is 0 Å². The van der Waals surface area contributed by atoms with Crippen LogP contribution in [0, 0.1) is 13.8 Å². The van der Waals surface area contributed by atoms with Gasteiger partial charge in [-0.1, -0.05) is 37.6 Å². The lowest BCUT2D eigenvalue weighted by molar-refractivity contribution is 0.282. The van der Waals surface area contributed by atoms with Crippen LogP contribution in [0.25, 0.3) is 0 Å². The van der Waals surface area contributed by atoms with E-state index in [1.165, 1.54) is 16.7 Å². The molecule has 0 spiro atoms. The third-order valence-corrected chi connectivity index (χ3v) is 3.14. The second-order valence-corrected chi connectivity index (χ2v) is 5.40. The van der Waals surface area contributed by atoms with Crippen molar-refractivity contribution in [3.8, 4) is 0 Å². The van der Waals surface area contributed by atoms with Crippen LogP contribution in [-0.2, 0) is 0 Å². The number of hydrogen-bond acceptors (Lipinski definition) is 2. The van der Waals surface area contributed by atoms with E-state index in [-0.39, 0.29) is 0 Å². The lowest BCUT2D eigenvalue weighted by atomic mass is 9.98. The summed E-state index contributed by atoms with van der Waals surface area (Å²) in [5.74, 6) is 0. The van der Waals surface area contributed by atoms with Crippen molar-refractivity contribution in [3.63, 3.8) is 0 Å². The maximum atomic E-state index is 3.53. The molecular formula is C15H26N2. The fourth-order valence-electron chi connectivity index (χ4n) is 2.04. The van der Waals surface area contributed by atoms with Crippen LogP contribution in [0.1, 0.15) is 36.6 Å². The van der Waals surface area contributed by atoms with Gasteiger partial charge in [0.25, 0.3) is 0 Å². The highest BCUT2D eigenvalue weighted by molar-refractivity contribution is 5.33. The van der Waals surface area contributed by atoms with Crippen LogP contribution in [0.3, 0.4) is 0 Å². The van der Waals surface area contributed by atoms with Crippen LogP contribution in [0.4, 0.5) is 0 Å². The molecule has 2 nitrogen and oxygen atoms in total. The first-order chi connectivity index (χ1) is 7.91. The standard InChI is InChI=1S/C15H26N2/c1-11(2)16-10-15(17(5)6)14-9-12(3)7-8-13(14)4/h7-9,11,15-16H,10H2,1-6H3. The molecule has 1 N–H and O–H groups in total. The number of benzene rings is 1. The molecule has 0 radical (unpaired) electrons. The summed E-state index contributed by atoms with van der Waals surface area (Å²) in [7, 11) is 4.29. The molecule has 1 aromatic rings. The van der Waals surface area contributed by atoms with E-state index in [1.54, 1.807) is 0 Å². The first kappa shape index (κ1) is 14.2. The summed E-state index contributed by atoms with van der Waals surface area (Å²) in [6, 6.07) is 7.68. The zero-order valence-corrected chi connectivity index (χ0v) is 12.0. The predicted octanol–water partition coefficient (Wildman–Crippen LogP) is 2.90. The van der Waals surface area contributed by atoms with E-state index in [2.05, 4.69) is 70.2 Å². The molecule has 0 saturated heterocycles. The molecule has 0 aromatic heterocycles. The summed E-state index contributed by atoms with van der Waals surface area (Å²) in [5.41, 5.74) is 4.14. The van der Waals surface area contributed by atoms with E-state index in [1.807, 2.05) is 0 Å². The van der Waals surface area contributed by atoms with Gasteiger partial charge in [0.05, 0.1) is 0 Å². The number of aryl methyl sites for hydroxylation is 2. The highest BCUT2D eigenvalue weighted by Crippen LogP contribution is 2.22. The highest BCUT2D eigenvalue weighted by Gasteiger charge is 2.16. The summed E-state index contributed by atoms with van der Waals surface area (Å²) in [6.07, 6.45) is 0. The largest absolute Gasteiger partial charge is 0.313 e. The Morgan fingerprint density at radius 2 is 1.82 bits per heavy atom. The molecule has 1 aromatic carbocycles. The summed E-state index contributed by atoms with van der Waals surface area (Å²) in [5, 5.41) is 3.53. The number of nitrogens with one attached hydrogen (secondary N) is 1. The molecule has 0 heterocycles. The Bertz CT molecular complexity index is 356. The van der Waals surface area contributed by atoms with Crippen LogP contribution in [0.2, 0.25) is 0 Å². The normalized spacial score (nSPS) is 13.4. The molecule has 2 heteroatoms. The smallest absolute Gasteiger partial charge is 0.0469 e. The lowest BCUT2D eigenvalue weighted by Gasteiger charge is -2.28. The van der Waals surface area contributed by atoms with Crippen LogP contribution >= 0.6 is 0 Å². The molecule has 17 heavy (non-hydrogen) atoms. The molecular weight excluding hydrogens is 208 g/mol. The van der Waals surface area contributed by atoms with E-state index in [9.17, 15) is 0 Å². The number of rotatable bonds is 5. The Hall–Kier alpha value is -0.860. The van der Waals surface area contributed by atoms with Gasteiger partial charge in [0.2, 0.25) is 0 Å². The third kappa shape index (κ3) is 4.14. The molecule has 0 amide bonds. The van der Waals surface area contributed by atoms with Crippen molar-refractivity contribution >= 4 is 0 Å². The summed E-state index contributed by atoms with van der Waals surface area (Å²) < 4.78 is 0. The van der Waals surface area contributed by atoms with Gasteiger partial charge in [-0.15, -0.1) is 0 Å². The summed E-state index contributed by atoms with van der Waals surface area (Å²) in [6.45, 7) is 9.73. The van der Waals surface area contributed by atoms with Crippen LogP contribution in [0.15, 0.2) is 18.2 Å². The molecule has 0 fully saturated rings. The van der Waals surface area contributed by atoms with E-state index >= 15 is 0 Å². The van der Waals surface area contributed by atoms with E-state index in [0.717, 1.165) is 6.54 Å². The quantitative estimate of drug-likeness (QED) is 0.842. The molecule has 0 bridgehead atoms. The minimum Gasteiger partial charge on any atom is -0.313 e. The number of nitrogens with zero attached hydrogens (tertiary/aromatic N) is 1. The highest BCUT2D eigenvalue weighted by atomic mass is 15.1. The monoisotopic (exact) mass is 234 g/mol. The SMILES string of the molecule is Cc1ccc(C)c(C(CNC(C)C)N(C)C)c1. The Morgan fingerprint density at radius 3 is 2.35 bits per heavy atom. The van der Waals surface area contributed by atoms with Crippen LogP contribution < -0.4 is 5.32 Å². The van der Waals surface area contributed by atoms with Crippen molar-refractivity contribution in [1.82, 2.24) is 10.2 Å². The first-order valence-corrected chi connectivity index (χ1v) is 6.38. The van der Waals surface area contributed by atoms with Crippen molar-refractivity contribution in [3.05, 3.63) is 34.9 Å². The second-order valence-electron chi connectivity index (χ2n) is 5.40. The molecule has 0 aliphatic heterocycles. The Balaban J connectivity index is 2.92. The Kier molecular flexibility index (Phi) is 5.16. The van der Waals surface area contributed by atoms with Gasteiger partial charge < -0.3 is 10.2 Å². The summed E-state index contributed by atoms with van der Waals surface area (Å²) in [4.78, 5) is 2.29. The fraction of sp³-hybridized carbons (Fsp3) is 0.600. The van der Waals surface area contributed by atoms with E-state index in [4.69, 9.17) is 0 Å². The maximum Gasteiger partial charge on any atom is 0.0469 e. The topological polar surface area (TPSA) is 15.3 Å². The van der Waals surface area contributed by atoms with Gasteiger partial charge in [0.15, 0.2) is 0 Å². The summed E-state index contributed by atoms with van der Waals surface area (Å²) >= 11 is 0. The van der Waals surface area contributed by atoms with Gasteiger partial charge in [0.1, 0.15) is 0 Å². The Morgan fingerprint density at radius 1 is 1.18 bits per heavy atom. The van der Waals surface area contributed by atoms with Gasteiger partial charge in [-0.05, 0) is 39.1 Å². The van der Waals surface area contributed by atoms with Crippen molar-refractivity contribution in [2.75, 3.05) is 20.6 Å². The van der Waals surface area contributed by atoms with Crippen molar-refractivity contribution in [2.24, 2.45) is 0 Å². The van der Waals surface area contributed by atoms with Crippen molar-refractivity contribution in [2.45, 2.75) is 39.8 Å². The minimum absolute atomic E-state index is 0.442. The molecule has 0 aliphatic carbocycles. The van der Waals surface area contributed by atoms with Gasteiger partial charge in [-0.25, -0.2) is 0 Å². The molecule has 1 atom stereocenters. The van der Waals surface area contributed by atoms with Crippen molar-refractivity contribution in [1.29, 1.82) is 0 Å². The van der Waals surface area contributed by atoms with Gasteiger partial charge >= 0.3 is 0 Å². The third-order valence-electron chi connectivity index (χ3n) is 3.14. The molecule has 0 aliphatic rings. The molecule has 96 valence electrons. The van der Waals surface area contributed by atoms with Crippen LogP contribution in [0.5, 0.6) is 0 Å². The lowest BCUT2D eigenvalue weighted by Crippen LogP contribution is -2.34. The van der Waals surface area contributed by atoms with Crippen LogP contribution in [-0.4, -0.2) is 31.6 Å². The maximum absolute atomic E-state index is 3.53. The second kappa shape index (κ2) is 6.18. The average molecular weight is 234 g/mol. The molecule has 1 unspecified atom stereocenters. The fourth-order valence-corrected chi connectivity index (χ4v) is 2.04. The van der Waals surface area contributed by atoms with Crippen molar-refractivity contribution < 1.29 is 0 Å². The zero-order chi connectivity index (χ0) is 13.0. The number of likely N-dealkylation sites (N-methyl/N-ethyl adjacent to an activating group) is 1. The predicted molar refractivity (Wildman–Crippen MR) is 75.5 cm³/mol. The molecule has 1 rings (SSSR count). The van der Waals surface area contributed by atoms with Gasteiger partial charge in [0, 0.05) is 18.6 Å². The van der Waals surface area contributed by atoms with Gasteiger partial charge in [-0.3, -0.25) is 0 Å².